The van der Waals surface area contributed by atoms with E-state index in [1.54, 1.807) is 42.6 Å². The Morgan fingerprint density at radius 2 is 1.83 bits per heavy atom. The molecule has 0 saturated carbocycles. The van der Waals surface area contributed by atoms with E-state index in [0.717, 1.165) is 0 Å². The second kappa shape index (κ2) is 6.66. The first-order valence-corrected chi connectivity index (χ1v) is 7.06. The van der Waals surface area contributed by atoms with Gasteiger partial charge in [0.2, 0.25) is 0 Å². The van der Waals surface area contributed by atoms with Gasteiger partial charge in [0.1, 0.15) is 5.82 Å². The van der Waals surface area contributed by atoms with Crippen molar-refractivity contribution in [1.82, 2.24) is 9.97 Å². The van der Waals surface area contributed by atoms with Crippen molar-refractivity contribution in [2.24, 2.45) is 0 Å². The number of anilines is 2. The van der Waals surface area contributed by atoms with Crippen LogP contribution < -0.4 is 5.32 Å². The third-order valence-electron chi connectivity index (χ3n) is 3.31. The van der Waals surface area contributed by atoms with Gasteiger partial charge in [0.25, 0.3) is 5.69 Å². The number of nitro benzene ring substituents is 1. The van der Waals surface area contributed by atoms with E-state index in [1.807, 2.05) is 0 Å². The first-order chi connectivity index (χ1) is 11.6. The number of nitrogens with zero attached hydrogens (tertiary/aromatic N) is 3. The summed E-state index contributed by atoms with van der Waals surface area (Å²) in [5, 5.41) is 13.8. The number of hydrogen-bond acceptors (Lipinski definition) is 6. The molecule has 0 unspecified atom stereocenters. The average molecular weight is 320 g/mol. The Morgan fingerprint density at radius 3 is 2.58 bits per heavy atom. The molecule has 7 nitrogen and oxygen atoms in total. The van der Waals surface area contributed by atoms with Crippen LogP contribution in [-0.2, 0) is 0 Å². The van der Waals surface area contributed by atoms with Gasteiger partial charge in [0, 0.05) is 42.0 Å². The minimum atomic E-state index is -0.480. The summed E-state index contributed by atoms with van der Waals surface area (Å²) in [5.41, 5.74) is 1.29. The molecule has 0 fully saturated rings. The maximum absolute atomic E-state index is 12.6. The number of rotatable bonds is 5. The van der Waals surface area contributed by atoms with Gasteiger partial charge in [-0.3, -0.25) is 19.9 Å². The second-order valence-electron chi connectivity index (χ2n) is 4.90. The van der Waals surface area contributed by atoms with E-state index in [1.165, 1.54) is 24.5 Å². The lowest BCUT2D eigenvalue weighted by Crippen LogP contribution is -2.07. The summed E-state index contributed by atoms with van der Waals surface area (Å²) in [4.78, 5) is 31.1. The highest BCUT2D eigenvalue weighted by Crippen LogP contribution is 2.23. The molecule has 3 aromatic rings. The third kappa shape index (κ3) is 3.25. The summed E-state index contributed by atoms with van der Waals surface area (Å²) in [5.74, 6) is 0.123. The molecule has 118 valence electrons. The smallest absolute Gasteiger partial charge is 0.271 e. The van der Waals surface area contributed by atoms with Gasteiger partial charge in [0.15, 0.2) is 5.78 Å². The SMILES string of the molecule is O=C(c1ccncc1)c1cccnc1Nc1cccc([N+](=O)[O-])c1. The van der Waals surface area contributed by atoms with E-state index in [-0.39, 0.29) is 11.5 Å². The van der Waals surface area contributed by atoms with Gasteiger partial charge >= 0.3 is 0 Å². The first-order valence-electron chi connectivity index (χ1n) is 7.06. The van der Waals surface area contributed by atoms with E-state index in [2.05, 4.69) is 15.3 Å². The molecule has 2 heterocycles. The van der Waals surface area contributed by atoms with E-state index in [0.29, 0.717) is 22.6 Å². The highest BCUT2D eigenvalue weighted by Gasteiger charge is 2.15. The van der Waals surface area contributed by atoms with Crippen LogP contribution in [0.25, 0.3) is 0 Å². The molecule has 2 aromatic heterocycles. The number of aromatic nitrogens is 2. The van der Waals surface area contributed by atoms with Crippen LogP contribution in [0.4, 0.5) is 17.2 Å². The zero-order valence-electron chi connectivity index (χ0n) is 12.4. The number of nitrogens with one attached hydrogen (secondary N) is 1. The van der Waals surface area contributed by atoms with Crippen LogP contribution in [-0.4, -0.2) is 20.7 Å². The van der Waals surface area contributed by atoms with Crippen LogP contribution in [0.2, 0.25) is 0 Å². The molecule has 0 bridgehead atoms. The average Bonchev–Trinajstić information content (AvgIpc) is 2.62. The lowest BCUT2D eigenvalue weighted by Gasteiger charge is -2.10. The third-order valence-corrected chi connectivity index (χ3v) is 3.31. The van der Waals surface area contributed by atoms with Crippen molar-refractivity contribution in [3.8, 4) is 0 Å². The summed E-state index contributed by atoms with van der Waals surface area (Å²) in [7, 11) is 0. The summed E-state index contributed by atoms with van der Waals surface area (Å²) in [6, 6.07) is 12.6. The van der Waals surface area contributed by atoms with E-state index >= 15 is 0 Å². The number of nitro groups is 1. The predicted octanol–water partition coefficient (Wildman–Crippen LogP) is 3.36. The monoisotopic (exact) mass is 320 g/mol. The number of benzene rings is 1. The van der Waals surface area contributed by atoms with Gasteiger partial charge in [-0.15, -0.1) is 0 Å². The largest absolute Gasteiger partial charge is 0.339 e. The van der Waals surface area contributed by atoms with Crippen LogP contribution in [0, 0.1) is 10.1 Å². The summed E-state index contributed by atoms with van der Waals surface area (Å²) in [6.07, 6.45) is 4.62. The highest BCUT2D eigenvalue weighted by molar-refractivity contribution is 6.12. The van der Waals surface area contributed by atoms with Crippen molar-refractivity contribution in [1.29, 1.82) is 0 Å². The maximum atomic E-state index is 12.6. The van der Waals surface area contributed by atoms with Gasteiger partial charge < -0.3 is 5.32 Å². The van der Waals surface area contributed by atoms with E-state index in [4.69, 9.17) is 0 Å². The molecule has 24 heavy (non-hydrogen) atoms. The number of carbonyl (C=O) groups excluding carboxylic acids is 1. The molecule has 1 N–H and O–H groups in total. The number of ketones is 1. The van der Waals surface area contributed by atoms with Gasteiger partial charge in [-0.25, -0.2) is 4.98 Å². The molecular formula is C17H12N4O3. The Morgan fingerprint density at radius 1 is 1.04 bits per heavy atom. The van der Waals surface area contributed by atoms with E-state index < -0.39 is 4.92 Å². The lowest BCUT2D eigenvalue weighted by atomic mass is 10.1. The summed E-state index contributed by atoms with van der Waals surface area (Å²) >= 11 is 0. The topological polar surface area (TPSA) is 98.0 Å². The molecule has 0 amide bonds. The minimum Gasteiger partial charge on any atom is -0.339 e. The minimum absolute atomic E-state index is 0.0436. The predicted molar refractivity (Wildman–Crippen MR) is 88.3 cm³/mol. The fourth-order valence-electron chi connectivity index (χ4n) is 2.18. The zero-order chi connectivity index (χ0) is 16.9. The Kier molecular flexibility index (Phi) is 4.24. The molecule has 7 heteroatoms. The fourth-order valence-corrected chi connectivity index (χ4v) is 2.18. The number of hydrogen-bond donors (Lipinski definition) is 1. The molecule has 0 aliphatic heterocycles. The second-order valence-corrected chi connectivity index (χ2v) is 4.90. The Balaban J connectivity index is 1.94. The number of pyridine rings is 2. The molecule has 0 aliphatic rings. The van der Waals surface area contributed by atoms with E-state index in [9.17, 15) is 14.9 Å². The molecule has 3 rings (SSSR count). The Bertz CT molecular complexity index is 897. The molecule has 0 spiro atoms. The van der Waals surface area contributed by atoms with Crippen LogP contribution in [0.15, 0.2) is 67.1 Å². The first kappa shape index (κ1) is 15.3. The standard InChI is InChI=1S/C17H12N4O3/c22-16(12-6-9-18-10-7-12)15-5-2-8-19-17(15)20-13-3-1-4-14(11-13)21(23)24/h1-11H,(H,19,20). The molecular weight excluding hydrogens is 308 g/mol. The van der Waals surface area contributed by atoms with Crippen molar-refractivity contribution >= 4 is 23.0 Å². The fraction of sp³-hybridized carbons (Fsp3) is 0. The van der Waals surface area contributed by atoms with Crippen LogP contribution in [0.5, 0.6) is 0 Å². The van der Waals surface area contributed by atoms with Gasteiger partial charge in [-0.1, -0.05) is 6.07 Å². The summed E-state index contributed by atoms with van der Waals surface area (Å²) < 4.78 is 0. The van der Waals surface area contributed by atoms with Crippen LogP contribution in [0.3, 0.4) is 0 Å². The quantitative estimate of drug-likeness (QED) is 0.440. The van der Waals surface area contributed by atoms with Crippen molar-refractivity contribution < 1.29 is 9.72 Å². The highest BCUT2D eigenvalue weighted by atomic mass is 16.6. The van der Waals surface area contributed by atoms with Gasteiger partial charge in [0.05, 0.1) is 10.5 Å². The van der Waals surface area contributed by atoms with Gasteiger partial charge in [-0.2, -0.15) is 0 Å². The maximum Gasteiger partial charge on any atom is 0.271 e. The molecule has 1 aromatic carbocycles. The van der Waals surface area contributed by atoms with Crippen molar-refractivity contribution in [2.75, 3.05) is 5.32 Å². The zero-order valence-corrected chi connectivity index (χ0v) is 12.4. The van der Waals surface area contributed by atoms with Crippen molar-refractivity contribution in [3.63, 3.8) is 0 Å². The van der Waals surface area contributed by atoms with Crippen molar-refractivity contribution in [3.05, 3.63) is 88.4 Å². The number of carbonyl (C=O) groups is 1. The molecule has 0 saturated heterocycles. The number of non-ortho nitro benzene ring substituents is 1. The lowest BCUT2D eigenvalue weighted by molar-refractivity contribution is -0.384. The Hall–Kier alpha value is -3.61. The van der Waals surface area contributed by atoms with Crippen LogP contribution in [0.1, 0.15) is 15.9 Å². The molecule has 0 atom stereocenters. The van der Waals surface area contributed by atoms with Gasteiger partial charge in [-0.05, 0) is 30.3 Å². The molecule has 0 radical (unpaired) electrons. The van der Waals surface area contributed by atoms with Crippen molar-refractivity contribution in [2.45, 2.75) is 0 Å². The van der Waals surface area contributed by atoms with Crippen LogP contribution >= 0.6 is 0 Å². The molecule has 0 aliphatic carbocycles. The summed E-state index contributed by atoms with van der Waals surface area (Å²) in [6.45, 7) is 0. The normalized spacial score (nSPS) is 10.2. The Labute approximate surface area is 137 Å².